The van der Waals surface area contributed by atoms with E-state index in [-0.39, 0.29) is 5.56 Å². The van der Waals surface area contributed by atoms with Crippen LogP contribution in [0, 0.1) is 5.92 Å². The number of carbonyl (C=O) groups is 1. The van der Waals surface area contributed by atoms with Crippen LogP contribution in [0.2, 0.25) is 0 Å². The zero-order valence-electron chi connectivity index (χ0n) is 20.3. The molecule has 2 aromatic rings. The summed E-state index contributed by atoms with van der Waals surface area (Å²) in [5.41, 5.74) is 3.18. The summed E-state index contributed by atoms with van der Waals surface area (Å²) >= 11 is 12.9. The number of carboxylic acid groups (broad SMARTS) is 1. The van der Waals surface area contributed by atoms with E-state index in [0.29, 0.717) is 38.9 Å². The first-order chi connectivity index (χ1) is 17.3. The molecule has 0 spiro atoms. The Morgan fingerprint density at radius 2 is 1.97 bits per heavy atom. The summed E-state index contributed by atoms with van der Waals surface area (Å²) in [7, 11) is 1.54. The smallest absolute Gasteiger partial charge is 0.335 e. The highest BCUT2D eigenvalue weighted by molar-refractivity contribution is 6.41. The Morgan fingerprint density at radius 1 is 1.25 bits per heavy atom. The van der Waals surface area contributed by atoms with Crippen LogP contribution < -0.4 is 9.64 Å². The maximum atomic E-state index is 11.5. The van der Waals surface area contributed by atoms with E-state index < -0.39 is 5.97 Å². The molecule has 9 heteroatoms. The monoisotopic (exact) mass is 529 g/mol. The molecule has 4 rings (SSSR count). The lowest BCUT2D eigenvalue weighted by molar-refractivity contribution is 0.0696. The van der Waals surface area contributed by atoms with Gasteiger partial charge in [-0.25, -0.2) is 4.79 Å². The van der Waals surface area contributed by atoms with Gasteiger partial charge in [-0.05, 0) is 57.4 Å². The number of aliphatic imine (C=N–C) groups is 1. The quantitative estimate of drug-likeness (QED) is 0.279. The molecule has 2 fully saturated rings. The lowest BCUT2D eigenvalue weighted by Gasteiger charge is -2.33. The fourth-order valence-corrected chi connectivity index (χ4v) is 5.01. The van der Waals surface area contributed by atoms with Gasteiger partial charge in [-0.2, -0.15) is 0 Å². The summed E-state index contributed by atoms with van der Waals surface area (Å²) in [6.45, 7) is 6.85. The average Bonchev–Trinajstić information content (AvgIpc) is 3.63. The van der Waals surface area contributed by atoms with Gasteiger partial charge in [-0.1, -0.05) is 40.5 Å². The predicted molar refractivity (Wildman–Crippen MR) is 144 cm³/mol. The molecule has 0 amide bonds. The Morgan fingerprint density at radius 3 is 2.56 bits per heavy atom. The van der Waals surface area contributed by atoms with Gasteiger partial charge in [0.25, 0.3) is 0 Å². The van der Waals surface area contributed by atoms with Crippen LogP contribution in [0.25, 0.3) is 11.6 Å². The number of hydrogen-bond acceptors (Lipinski definition) is 6. The molecule has 0 bridgehead atoms. The topological polar surface area (TPSA) is 88.2 Å². The molecule has 1 aromatic heterocycles. The molecule has 1 saturated carbocycles. The minimum absolute atomic E-state index is 0.219. The Kier molecular flexibility index (Phi) is 8.21. The van der Waals surface area contributed by atoms with Crippen molar-refractivity contribution in [3.63, 3.8) is 0 Å². The van der Waals surface area contributed by atoms with Crippen molar-refractivity contribution < 1.29 is 19.2 Å². The number of ether oxygens (including phenoxy) is 1. The van der Waals surface area contributed by atoms with Crippen molar-refractivity contribution in [1.82, 2.24) is 5.16 Å². The Hall–Kier alpha value is -3.03. The van der Waals surface area contributed by atoms with Crippen molar-refractivity contribution in [2.24, 2.45) is 10.9 Å². The summed E-state index contributed by atoms with van der Waals surface area (Å²) in [5.74, 6) is 1.15. The molecule has 1 aromatic carbocycles. The van der Waals surface area contributed by atoms with Crippen LogP contribution >= 0.6 is 23.2 Å². The Labute approximate surface area is 220 Å². The first kappa shape index (κ1) is 26.0. The second-order valence-corrected chi connectivity index (χ2v) is 10.0. The molecule has 7 nitrogen and oxygen atoms in total. The summed E-state index contributed by atoms with van der Waals surface area (Å²) in [4.78, 5) is 17.5. The molecular weight excluding hydrogens is 501 g/mol. The number of nitrogens with zero attached hydrogens (tertiary/aromatic N) is 3. The molecule has 1 saturated heterocycles. The van der Waals surface area contributed by atoms with E-state index in [4.69, 9.17) is 32.5 Å². The summed E-state index contributed by atoms with van der Waals surface area (Å²) < 4.78 is 11.1. The Balaban J connectivity index is 1.53. The van der Waals surface area contributed by atoms with Crippen LogP contribution in [0.3, 0.4) is 0 Å². The van der Waals surface area contributed by atoms with Crippen LogP contribution in [0.5, 0.6) is 5.75 Å². The fourth-order valence-electron chi connectivity index (χ4n) is 4.47. The van der Waals surface area contributed by atoms with E-state index in [1.165, 1.54) is 12.3 Å². The molecule has 0 atom stereocenters. The largest absolute Gasteiger partial charge is 0.497 e. The van der Waals surface area contributed by atoms with E-state index in [9.17, 15) is 9.90 Å². The van der Waals surface area contributed by atoms with Crippen molar-refractivity contribution in [2.45, 2.75) is 38.5 Å². The van der Waals surface area contributed by atoms with Gasteiger partial charge in [0, 0.05) is 53.1 Å². The standard InChI is InChI=1S/C27H29Cl2N3O4/c1-16(28)24(23(29)15-30-2)25-22(26(36-31-25)18-5-6-18)7-4-17-8-10-32(11-9-17)20-12-19(27(33)34)13-21(14-20)35-3/h4,7,12-15,17-18H,2,5-6,8-11H2,1,3H3,(H,33,34)/b7-4+,23-15+,24-16-. The number of piperidine rings is 1. The minimum Gasteiger partial charge on any atom is -0.497 e. The van der Waals surface area contributed by atoms with Gasteiger partial charge in [0.1, 0.15) is 17.2 Å². The minimum atomic E-state index is -0.969. The number of carboxylic acids is 1. The lowest BCUT2D eigenvalue weighted by atomic mass is 9.94. The van der Waals surface area contributed by atoms with E-state index in [0.717, 1.165) is 55.8 Å². The van der Waals surface area contributed by atoms with Crippen molar-refractivity contribution in [2.75, 3.05) is 25.1 Å². The van der Waals surface area contributed by atoms with Crippen LogP contribution in [0.15, 0.2) is 50.1 Å². The molecule has 1 aliphatic carbocycles. The van der Waals surface area contributed by atoms with Crippen molar-refractivity contribution in [3.05, 3.63) is 63.1 Å². The van der Waals surface area contributed by atoms with E-state index in [1.807, 2.05) is 6.07 Å². The third kappa shape index (κ3) is 5.85. The Bertz CT molecular complexity index is 1230. The SMILES string of the molecule is C=N/C=C(Cl)\C(=C(/C)Cl)c1noc(C2CC2)c1/C=C/C1CCN(c2cc(OC)cc(C(=O)O)c2)CC1. The van der Waals surface area contributed by atoms with Gasteiger partial charge in [0.15, 0.2) is 0 Å². The number of methoxy groups -OCH3 is 1. The van der Waals surface area contributed by atoms with Gasteiger partial charge in [0.05, 0.1) is 17.7 Å². The number of aromatic carboxylic acids is 1. The van der Waals surface area contributed by atoms with E-state index in [2.05, 4.69) is 33.9 Å². The molecular formula is C27H29Cl2N3O4. The van der Waals surface area contributed by atoms with Crippen LogP contribution in [-0.2, 0) is 0 Å². The van der Waals surface area contributed by atoms with Gasteiger partial charge < -0.3 is 19.3 Å². The molecule has 1 aliphatic heterocycles. The maximum absolute atomic E-state index is 11.5. The average molecular weight is 530 g/mol. The molecule has 36 heavy (non-hydrogen) atoms. The van der Waals surface area contributed by atoms with E-state index in [1.54, 1.807) is 20.1 Å². The summed E-state index contributed by atoms with van der Waals surface area (Å²) in [5, 5.41) is 14.6. The van der Waals surface area contributed by atoms with Crippen LogP contribution in [0.1, 0.15) is 65.9 Å². The van der Waals surface area contributed by atoms with Crippen LogP contribution in [-0.4, -0.2) is 43.1 Å². The number of benzene rings is 1. The van der Waals surface area contributed by atoms with Gasteiger partial charge >= 0.3 is 5.97 Å². The second-order valence-electron chi connectivity index (χ2n) is 9.06. The first-order valence-corrected chi connectivity index (χ1v) is 12.6. The van der Waals surface area contributed by atoms with Gasteiger partial charge in [-0.15, -0.1) is 0 Å². The number of anilines is 1. The zero-order chi connectivity index (χ0) is 25.8. The third-order valence-corrected chi connectivity index (χ3v) is 7.02. The third-order valence-electron chi connectivity index (χ3n) is 6.54. The lowest BCUT2D eigenvalue weighted by Crippen LogP contribution is -2.33. The molecule has 190 valence electrons. The van der Waals surface area contributed by atoms with Gasteiger partial charge in [-0.3, -0.25) is 4.99 Å². The fraction of sp³-hybridized carbons (Fsp3) is 0.370. The number of aromatic nitrogens is 1. The second kappa shape index (κ2) is 11.4. The molecule has 0 radical (unpaired) electrons. The molecule has 1 N–H and O–H groups in total. The van der Waals surface area contributed by atoms with Crippen molar-refractivity contribution in [1.29, 1.82) is 0 Å². The highest BCUT2D eigenvalue weighted by Gasteiger charge is 2.33. The molecule has 0 unspecified atom stereocenters. The predicted octanol–water partition coefficient (Wildman–Crippen LogP) is 6.94. The van der Waals surface area contributed by atoms with Crippen LogP contribution in [0.4, 0.5) is 5.69 Å². The number of allylic oxidation sites excluding steroid dienone is 4. The number of rotatable bonds is 9. The first-order valence-electron chi connectivity index (χ1n) is 11.9. The number of halogens is 2. The zero-order valence-corrected chi connectivity index (χ0v) is 21.8. The summed E-state index contributed by atoms with van der Waals surface area (Å²) in [6, 6.07) is 5.11. The molecule has 2 heterocycles. The maximum Gasteiger partial charge on any atom is 0.335 e. The number of hydrogen-bond donors (Lipinski definition) is 1. The highest BCUT2D eigenvalue weighted by Crippen LogP contribution is 2.45. The summed E-state index contributed by atoms with van der Waals surface area (Å²) in [6.07, 6.45) is 9.73. The van der Waals surface area contributed by atoms with Gasteiger partial charge in [0.2, 0.25) is 0 Å². The van der Waals surface area contributed by atoms with Crippen molar-refractivity contribution in [3.8, 4) is 5.75 Å². The normalized spacial score (nSPS) is 17.9. The molecule has 2 aliphatic rings. The van der Waals surface area contributed by atoms with Crippen molar-refractivity contribution >= 4 is 53.2 Å². The van der Waals surface area contributed by atoms with E-state index >= 15 is 0 Å². The highest BCUT2D eigenvalue weighted by atomic mass is 35.5.